The molecule has 0 radical (unpaired) electrons. The van der Waals surface area contributed by atoms with Crippen LogP contribution in [-0.2, 0) is 4.79 Å². The Bertz CT molecular complexity index is 402. The van der Waals surface area contributed by atoms with Gasteiger partial charge >= 0.3 is 0 Å². The van der Waals surface area contributed by atoms with Gasteiger partial charge in [0.1, 0.15) is 5.82 Å². The van der Waals surface area contributed by atoms with E-state index in [2.05, 4.69) is 21.2 Å². The molecule has 1 amide bonds. The number of rotatable bonds is 4. The molecule has 17 heavy (non-hydrogen) atoms. The first-order chi connectivity index (χ1) is 7.93. The standard InChI is InChI=1S/C12H14BrClFNO/c1-3-7(2)4-11(17)16-12-9(13)5-8(15)6-10(12)14/h5-7H,3-4H2,1-2H3,(H,16,17). The Balaban J connectivity index is 2.78. The zero-order valence-electron chi connectivity index (χ0n) is 9.69. The Labute approximate surface area is 114 Å². The van der Waals surface area contributed by atoms with E-state index in [0.29, 0.717) is 22.5 Å². The van der Waals surface area contributed by atoms with Crippen molar-refractivity contribution < 1.29 is 9.18 Å². The lowest BCUT2D eigenvalue weighted by Gasteiger charge is -2.12. The van der Waals surface area contributed by atoms with Crippen molar-refractivity contribution in [1.82, 2.24) is 0 Å². The Morgan fingerprint density at radius 2 is 2.24 bits per heavy atom. The first-order valence-electron chi connectivity index (χ1n) is 5.38. The van der Waals surface area contributed by atoms with Gasteiger partial charge in [0.25, 0.3) is 0 Å². The third kappa shape index (κ3) is 4.28. The average Bonchev–Trinajstić information content (AvgIpc) is 2.23. The van der Waals surface area contributed by atoms with Crippen molar-refractivity contribution in [2.24, 2.45) is 5.92 Å². The summed E-state index contributed by atoms with van der Waals surface area (Å²) in [7, 11) is 0. The minimum Gasteiger partial charge on any atom is -0.324 e. The van der Waals surface area contributed by atoms with Gasteiger partial charge in [-0.2, -0.15) is 0 Å². The monoisotopic (exact) mass is 321 g/mol. The normalized spacial score (nSPS) is 12.3. The fraction of sp³-hybridized carbons (Fsp3) is 0.417. The van der Waals surface area contributed by atoms with E-state index < -0.39 is 5.82 Å². The highest BCUT2D eigenvalue weighted by Crippen LogP contribution is 2.31. The molecule has 0 bridgehead atoms. The maximum absolute atomic E-state index is 13.0. The third-order valence-electron chi connectivity index (χ3n) is 2.50. The minimum atomic E-state index is -0.443. The highest BCUT2D eigenvalue weighted by molar-refractivity contribution is 9.10. The summed E-state index contributed by atoms with van der Waals surface area (Å²) >= 11 is 9.04. The van der Waals surface area contributed by atoms with Gasteiger partial charge in [0, 0.05) is 10.9 Å². The van der Waals surface area contributed by atoms with Gasteiger partial charge in [-0.05, 0) is 34.0 Å². The van der Waals surface area contributed by atoms with Crippen LogP contribution in [0.1, 0.15) is 26.7 Å². The zero-order chi connectivity index (χ0) is 13.0. The number of carbonyl (C=O) groups excluding carboxylic acids is 1. The van der Waals surface area contributed by atoms with E-state index in [-0.39, 0.29) is 10.9 Å². The van der Waals surface area contributed by atoms with E-state index in [4.69, 9.17) is 11.6 Å². The molecule has 1 rings (SSSR count). The fourth-order valence-electron chi connectivity index (χ4n) is 1.31. The summed E-state index contributed by atoms with van der Waals surface area (Å²) in [6.07, 6.45) is 1.36. The van der Waals surface area contributed by atoms with Crippen LogP contribution in [0.25, 0.3) is 0 Å². The Morgan fingerprint density at radius 3 is 2.76 bits per heavy atom. The first kappa shape index (κ1) is 14.5. The van der Waals surface area contributed by atoms with Crippen molar-refractivity contribution in [3.05, 3.63) is 27.4 Å². The van der Waals surface area contributed by atoms with Gasteiger partial charge in [-0.15, -0.1) is 0 Å². The number of amides is 1. The van der Waals surface area contributed by atoms with Gasteiger partial charge in [0.15, 0.2) is 0 Å². The number of carbonyl (C=O) groups is 1. The number of hydrogen-bond acceptors (Lipinski definition) is 1. The summed E-state index contributed by atoms with van der Waals surface area (Å²) in [5, 5.41) is 2.88. The summed E-state index contributed by atoms with van der Waals surface area (Å²) in [5.74, 6) is -0.247. The van der Waals surface area contributed by atoms with Crippen LogP contribution < -0.4 is 5.32 Å². The third-order valence-corrected chi connectivity index (χ3v) is 3.43. The van der Waals surface area contributed by atoms with Crippen molar-refractivity contribution in [2.45, 2.75) is 26.7 Å². The smallest absolute Gasteiger partial charge is 0.224 e. The van der Waals surface area contributed by atoms with Gasteiger partial charge in [-0.3, -0.25) is 4.79 Å². The van der Waals surface area contributed by atoms with Crippen LogP contribution in [0.4, 0.5) is 10.1 Å². The second-order valence-corrected chi connectivity index (χ2v) is 5.27. The van der Waals surface area contributed by atoms with Gasteiger partial charge in [0.05, 0.1) is 10.7 Å². The lowest BCUT2D eigenvalue weighted by atomic mass is 10.1. The van der Waals surface area contributed by atoms with Gasteiger partial charge in [0.2, 0.25) is 5.91 Å². The lowest BCUT2D eigenvalue weighted by Crippen LogP contribution is -2.15. The second-order valence-electron chi connectivity index (χ2n) is 4.01. The number of anilines is 1. The zero-order valence-corrected chi connectivity index (χ0v) is 12.0. The van der Waals surface area contributed by atoms with E-state index in [0.717, 1.165) is 6.42 Å². The molecule has 1 aromatic carbocycles. The molecule has 94 valence electrons. The van der Waals surface area contributed by atoms with Crippen LogP contribution in [0, 0.1) is 11.7 Å². The SMILES string of the molecule is CCC(C)CC(=O)Nc1c(Cl)cc(F)cc1Br. The molecule has 0 spiro atoms. The predicted molar refractivity (Wildman–Crippen MR) is 71.8 cm³/mol. The van der Waals surface area contributed by atoms with Crippen molar-refractivity contribution >= 4 is 39.1 Å². The van der Waals surface area contributed by atoms with Crippen LogP contribution in [0.15, 0.2) is 16.6 Å². The molecular weight excluding hydrogens is 308 g/mol. The number of hydrogen-bond donors (Lipinski definition) is 1. The second kappa shape index (κ2) is 6.36. The molecule has 1 atom stereocenters. The molecule has 1 N–H and O–H groups in total. The highest BCUT2D eigenvalue weighted by Gasteiger charge is 2.13. The molecular formula is C12H14BrClFNO. The molecule has 1 aromatic rings. The summed E-state index contributed by atoms with van der Waals surface area (Å²) in [6.45, 7) is 4.03. The van der Waals surface area contributed by atoms with Gasteiger partial charge in [-0.1, -0.05) is 31.9 Å². The maximum atomic E-state index is 13.0. The molecule has 1 unspecified atom stereocenters. The van der Waals surface area contributed by atoms with Crippen LogP contribution in [0.3, 0.4) is 0 Å². The summed E-state index contributed by atoms with van der Waals surface area (Å²) < 4.78 is 13.4. The largest absolute Gasteiger partial charge is 0.324 e. The Kier molecular flexibility index (Phi) is 5.40. The van der Waals surface area contributed by atoms with E-state index in [1.54, 1.807) is 0 Å². The average molecular weight is 323 g/mol. The van der Waals surface area contributed by atoms with Crippen molar-refractivity contribution in [2.75, 3.05) is 5.32 Å². The molecule has 0 fully saturated rings. The van der Waals surface area contributed by atoms with Crippen molar-refractivity contribution in [3.8, 4) is 0 Å². The molecule has 2 nitrogen and oxygen atoms in total. The Morgan fingerprint density at radius 1 is 1.59 bits per heavy atom. The number of nitrogens with one attached hydrogen (secondary N) is 1. The molecule has 0 aliphatic heterocycles. The van der Waals surface area contributed by atoms with E-state index in [9.17, 15) is 9.18 Å². The summed E-state index contributed by atoms with van der Waals surface area (Å²) in [6, 6.07) is 2.44. The van der Waals surface area contributed by atoms with E-state index >= 15 is 0 Å². The first-order valence-corrected chi connectivity index (χ1v) is 6.55. The van der Waals surface area contributed by atoms with Gasteiger partial charge in [-0.25, -0.2) is 4.39 Å². The fourth-order valence-corrected chi connectivity index (χ4v) is 2.21. The van der Waals surface area contributed by atoms with Crippen LogP contribution in [-0.4, -0.2) is 5.91 Å². The van der Waals surface area contributed by atoms with Crippen LogP contribution in [0.2, 0.25) is 5.02 Å². The predicted octanol–water partition coefficient (Wildman–Crippen LogP) is 4.62. The minimum absolute atomic E-state index is 0.117. The quantitative estimate of drug-likeness (QED) is 0.861. The molecule has 5 heteroatoms. The molecule has 0 aliphatic carbocycles. The Hall–Kier alpha value is -0.610. The van der Waals surface area contributed by atoms with Crippen LogP contribution in [0.5, 0.6) is 0 Å². The highest BCUT2D eigenvalue weighted by atomic mass is 79.9. The van der Waals surface area contributed by atoms with Crippen molar-refractivity contribution in [3.63, 3.8) is 0 Å². The molecule has 0 saturated carbocycles. The van der Waals surface area contributed by atoms with Gasteiger partial charge < -0.3 is 5.32 Å². The maximum Gasteiger partial charge on any atom is 0.224 e. The van der Waals surface area contributed by atoms with E-state index in [1.165, 1.54) is 12.1 Å². The molecule has 0 heterocycles. The topological polar surface area (TPSA) is 29.1 Å². The summed E-state index contributed by atoms with van der Waals surface area (Å²) in [4.78, 5) is 11.7. The van der Waals surface area contributed by atoms with E-state index in [1.807, 2.05) is 13.8 Å². The lowest BCUT2D eigenvalue weighted by molar-refractivity contribution is -0.117. The van der Waals surface area contributed by atoms with Crippen LogP contribution >= 0.6 is 27.5 Å². The number of halogens is 3. The van der Waals surface area contributed by atoms with Crippen molar-refractivity contribution in [1.29, 1.82) is 0 Å². The molecule has 0 aromatic heterocycles. The number of benzene rings is 1. The molecule has 0 saturated heterocycles. The summed E-state index contributed by atoms with van der Waals surface area (Å²) in [5.41, 5.74) is 0.418. The molecule has 0 aliphatic rings.